The second-order valence-corrected chi connectivity index (χ2v) is 8.74. The van der Waals surface area contributed by atoms with Gasteiger partial charge in [0.1, 0.15) is 22.9 Å². The van der Waals surface area contributed by atoms with E-state index in [2.05, 4.69) is 26.9 Å². The highest BCUT2D eigenvalue weighted by atomic mass is 16.5. The summed E-state index contributed by atoms with van der Waals surface area (Å²) in [6.07, 6.45) is 2.05. The van der Waals surface area contributed by atoms with E-state index in [0.717, 1.165) is 79.0 Å². The minimum atomic E-state index is -0.442. The average Bonchev–Trinajstić information content (AvgIpc) is 3.27. The van der Waals surface area contributed by atoms with Crippen molar-refractivity contribution in [3.05, 3.63) is 72.4 Å². The quantitative estimate of drug-likeness (QED) is 0.373. The lowest BCUT2D eigenvalue weighted by Crippen LogP contribution is -2.39. The second-order valence-electron chi connectivity index (χ2n) is 8.74. The van der Waals surface area contributed by atoms with Gasteiger partial charge in [0.05, 0.1) is 19.8 Å². The Hall–Kier alpha value is -3.88. The number of aromatic nitrogens is 2. The molecule has 1 aliphatic heterocycles. The Labute approximate surface area is 210 Å². The van der Waals surface area contributed by atoms with Gasteiger partial charge in [-0.05, 0) is 54.4 Å². The van der Waals surface area contributed by atoms with Crippen molar-refractivity contribution in [2.45, 2.75) is 6.92 Å². The number of morpholine rings is 1. The molecule has 8 nitrogen and oxygen atoms in total. The highest BCUT2D eigenvalue weighted by Gasteiger charge is 2.17. The van der Waals surface area contributed by atoms with Crippen molar-refractivity contribution >= 4 is 17.4 Å². The van der Waals surface area contributed by atoms with E-state index >= 15 is 0 Å². The first-order valence-corrected chi connectivity index (χ1v) is 12.3. The molecule has 0 spiro atoms. The number of hydrogen-bond acceptors (Lipinski definition) is 6. The van der Waals surface area contributed by atoms with E-state index in [1.165, 1.54) is 0 Å². The number of carbonyl (C=O) groups excluding carboxylic acids is 1. The molecule has 2 aromatic carbocycles. The normalized spacial score (nSPS) is 14.1. The van der Waals surface area contributed by atoms with Crippen LogP contribution in [0.2, 0.25) is 0 Å². The van der Waals surface area contributed by atoms with Gasteiger partial charge in [-0.3, -0.25) is 14.1 Å². The first-order chi connectivity index (χ1) is 17.6. The molecule has 0 unspecified atom stereocenters. The molecular formula is C28H31N5O3. The molecule has 2 aromatic heterocycles. The number of pyridine rings is 1. The van der Waals surface area contributed by atoms with E-state index in [-0.39, 0.29) is 0 Å². The van der Waals surface area contributed by atoms with E-state index in [1.807, 2.05) is 55.5 Å². The molecule has 36 heavy (non-hydrogen) atoms. The molecule has 4 aromatic rings. The number of amides is 1. The van der Waals surface area contributed by atoms with Crippen LogP contribution in [0.25, 0.3) is 28.0 Å². The van der Waals surface area contributed by atoms with Gasteiger partial charge in [0.15, 0.2) is 0 Å². The molecule has 8 heteroatoms. The van der Waals surface area contributed by atoms with Crippen LogP contribution in [0.5, 0.6) is 5.75 Å². The van der Waals surface area contributed by atoms with Crippen molar-refractivity contribution in [3.8, 4) is 28.1 Å². The smallest absolute Gasteiger partial charge is 0.248 e. The third-order valence-electron chi connectivity index (χ3n) is 6.34. The van der Waals surface area contributed by atoms with Crippen LogP contribution in [0, 0.1) is 0 Å². The van der Waals surface area contributed by atoms with Crippen molar-refractivity contribution in [2.75, 3.05) is 51.3 Å². The SMILES string of the molecule is CCOc1cccc(-c2nc3ccc(-c4cccc(C(N)=O)c4)cn3c2NCCN2CCOCC2)c1. The Kier molecular flexibility index (Phi) is 7.16. The summed E-state index contributed by atoms with van der Waals surface area (Å²) in [5.41, 5.74) is 10.5. The van der Waals surface area contributed by atoms with Crippen molar-refractivity contribution < 1.29 is 14.3 Å². The van der Waals surface area contributed by atoms with Crippen LogP contribution in [0.15, 0.2) is 66.9 Å². The number of carbonyl (C=O) groups is 1. The van der Waals surface area contributed by atoms with E-state index in [1.54, 1.807) is 6.07 Å². The molecule has 0 saturated carbocycles. The predicted octanol–water partition coefficient (Wildman–Crippen LogP) is 3.91. The van der Waals surface area contributed by atoms with E-state index in [9.17, 15) is 4.79 Å². The number of imidazole rings is 1. The summed E-state index contributed by atoms with van der Waals surface area (Å²) < 4.78 is 13.3. The molecule has 5 rings (SSSR count). The van der Waals surface area contributed by atoms with Crippen LogP contribution in [0.1, 0.15) is 17.3 Å². The summed E-state index contributed by atoms with van der Waals surface area (Å²) in [5, 5.41) is 3.64. The highest BCUT2D eigenvalue weighted by molar-refractivity contribution is 5.94. The zero-order valence-electron chi connectivity index (χ0n) is 20.4. The first-order valence-electron chi connectivity index (χ1n) is 12.3. The lowest BCUT2D eigenvalue weighted by Gasteiger charge is -2.26. The fourth-order valence-corrected chi connectivity index (χ4v) is 4.49. The van der Waals surface area contributed by atoms with Crippen molar-refractivity contribution in [3.63, 3.8) is 0 Å². The van der Waals surface area contributed by atoms with Gasteiger partial charge in [-0.25, -0.2) is 4.98 Å². The summed E-state index contributed by atoms with van der Waals surface area (Å²) in [5.74, 6) is 1.29. The molecule has 1 saturated heterocycles. The Morgan fingerprint density at radius 2 is 1.86 bits per heavy atom. The number of hydrogen-bond donors (Lipinski definition) is 2. The first kappa shape index (κ1) is 23.8. The maximum atomic E-state index is 11.7. The molecule has 0 radical (unpaired) electrons. The van der Waals surface area contributed by atoms with Crippen LogP contribution in [0.3, 0.4) is 0 Å². The number of fused-ring (bicyclic) bond motifs is 1. The topological polar surface area (TPSA) is 94.1 Å². The number of ether oxygens (including phenoxy) is 2. The van der Waals surface area contributed by atoms with E-state index < -0.39 is 5.91 Å². The number of nitrogens with zero attached hydrogens (tertiary/aromatic N) is 3. The second kappa shape index (κ2) is 10.8. The van der Waals surface area contributed by atoms with Crippen molar-refractivity contribution in [1.82, 2.24) is 14.3 Å². The minimum absolute atomic E-state index is 0.442. The zero-order chi connectivity index (χ0) is 24.9. The molecule has 3 heterocycles. The van der Waals surface area contributed by atoms with Gasteiger partial charge in [-0.15, -0.1) is 0 Å². The van der Waals surface area contributed by atoms with Crippen LogP contribution in [0.4, 0.5) is 5.82 Å². The van der Waals surface area contributed by atoms with Gasteiger partial charge < -0.3 is 20.5 Å². The van der Waals surface area contributed by atoms with Crippen molar-refractivity contribution in [2.24, 2.45) is 5.73 Å². The Balaban J connectivity index is 1.53. The lowest BCUT2D eigenvalue weighted by molar-refractivity contribution is 0.0398. The molecule has 3 N–H and O–H groups in total. The van der Waals surface area contributed by atoms with E-state index in [4.69, 9.17) is 20.2 Å². The number of nitrogens with two attached hydrogens (primary N) is 1. The maximum Gasteiger partial charge on any atom is 0.248 e. The van der Waals surface area contributed by atoms with E-state index in [0.29, 0.717) is 12.2 Å². The Bertz CT molecular complexity index is 1360. The molecule has 1 fully saturated rings. The average molecular weight is 486 g/mol. The third-order valence-corrected chi connectivity index (χ3v) is 6.34. The van der Waals surface area contributed by atoms with Crippen LogP contribution in [-0.2, 0) is 4.74 Å². The van der Waals surface area contributed by atoms with Crippen LogP contribution < -0.4 is 15.8 Å². The maximum absolute atomic E-state index is 11.7. The van der Waals surface area contributed by atoms with Crippen LogP contribution in [-0.4, -0.2) is 66.2 Å². The summed E-state index contributed by atoms with van der Waals surface area (Å²) >= 11 is 0. The molecule has 0 aliphatic carbocycles. The molecular weight excluding hydrogens is 454 g/mol. The van der Waals surface area contributed by atoms with Crippen LogP contribution >= 0.6 is 0 Å². The highest BCUT2D eigenvalue weighted by Crippen LogP contribution is 2.32. The van der Waals surface area contributed by atoms with Crippen molar-refractivity contribution in [1.29, 1.82) is 0 Å². The van der Waals surface area contributed by atoms with Gasteiger partial charge >= 0.3 is 0 Å². The largest absolute Gasteiger partial charge is 0.494 e. The summed E-state index contributed by atoms with van der Waals surface area (Å²) in [6, 6.07) is 19.4. The number of benzene rings is 2. The molecule has 1 amide bonds. The number of nitrogens with one attached hydrogen (secondary N) is 1. The zero-order valence-corrected chi connectivity index (χ0v) is 20.4. The Morgan fingerprint density at radius 1 is 1.06 bits per heavy atom. The van der Waals surface area contributed by atoms with Gasteiger partial charge in [0.25, 0.3) is 0 Å². The summed E-state index contributed by atoms with van der Waals surface area (Å²) in [7, 11) is 0. The number of primary amides is 1. The summed E-state index contributed by atoms with van der Waals surface area (Å²) in [4.78, 5) is 19.1. The fourth-order valence-electron chi connectivity index (χ4n) is 4.49. The Morgan fingerprint density at radius 3 is 2.67 bits per heavy atom. The third kappa shape index (κ3) is 5.19. The monoisotopic (exact) mass is 485 g/mol. The fraction of sp³-hybridized carbons (Fsp3) is 0.286. The predicted molar refractivity (Wildman–Crippen MR) is 141 cm³/mol. The molecule has 0 atom stereocenters. The lowest BCUT2D eigenvalue weighted by atomic mass is 10.0. The number of anilines is 1. The standard InChI is InChI=1S/C28H31N5O3/c1-2-36-24-8-4-6-21(18-24)26-28(30-11-12-32-13-15-35-16-14-32)33-19-23(9-10-25(33)31-26)20-5-3-7-22(17-20)27(29)34/h3-10,17-19,30H,2,11-16H2,1H3,(H2,29,34). The number of rotatable bonds is 9. The van der Waals surface area contributed by atoms with Gasteiger partial charge in [0, 0.05) is 43.5 Å². The summed E-state index contributed by atoms with van der Waals surface area (Å²) in [6.45, 7) is 7.70. The minimum Gasteiger partial charge on any atom is -0.494 e. The van der Waals surface area contributed by atoms with Gasteiger partial charge in [-0.2, -0.15) is 0 Å². The van der Waals surface area contributed by atoms with Gasteiger partial charge in [-0.1, -0.05) is 24.3 Å². The molecule has 186 valence electrons. The molecule has 0 bridgehead atoms. The van der Waals surface area contributed by atoms with Gasteiger partial charge in [0.2, 0.25) is 5.91 Å². The molecule has 1 aliphatic rings.